The molecule has 0 spiro atoms. The first-order chi connectivity index (χ1) is 7.75. The summed E-state index contributed by atoms with van der Waals surface area (Å²) in [6.07, 6.45) is 4.00. The van der Waals surface area contributed by atoms with Gasteiger partial charge in [-0.15, -0.1) is 0 Å². The van der Waals surface area contributed by atoms with E-state index < -0.39 is 0 Å². The van der Waals surface area contributed by atoms with Crippen molar-refractivity contribution < 1.29 is 4.74 Å². The molecule has 0 unspecified atom stereocenters. The average molecular weight is 262 g/mol. The lowest BCUT2D eigenvalue weighted by Gasteiger charge is -2.14. The Kier molecular flexibility index (Phi) is 4.21. The molecule has 0 N–H and O–H groups in total. The number of ether oxygens (including phenoxy) is 1. The van der Waals surface area contributed by atoms with Gasteiger partial charge in [0.25, 0.3) is 0 Å². The van der Waals surface area contributed by atoms with Crippen LogP contribution >= 0.6 is 23.2 Å². The van der Waals surface area contributed by atoms with Crippen molar-refractivity contribution in [2.45, 2.75) is 12.8 Å². The van der Waals surface area contributed by atoms with Crippen molar-refractivity contribution in [2.24, 2.45) is 0 Å². The van der Waals surface area contributed by atoms with Crippen LogP contribution in [0.25, 0.3) is 0 Å². The normalized spacial score (nSPS) is 16.6. The van der Waals surface area contributed by atoms with Gasteiger partial charge >= 0.3 is 0 Å². The van der Waals surface area contributed by atoms with Crippen LogP contribution in [0.1, 0.15) is 12.8 Å². The Bertz CT molecular complexity index is 356. The van der Waals surface area contributed by atoms with Gasteiger partial charge in [0, 0.05) is 6.54 Å². The van der Waals surface area contributed by atoms with Crippen molar-refractivity contribution >= 4 is 23.2 Å². The lowest BCUT2D eigenvalue weighted by molar-refractivity contribution is 0.232. The Morgan fingerprint density at radius 3 is 2.81 bits per heavy atom. The molecule has 1 fully saturated rings. The predicted molar refractivity (Wildman–Crippen MR) is 63.2 cm³/mol. The number of nitrogens with zero attached hydrogens (tertiary/aromatic N) is 3. The molecule has 1 saturated heterocycles. The van der Waals surface area contributed by atoms with Crippen LogP contribution in [0.2, 0.25) is 10.3 Å². The minimum Gasteiger partial charge on any atom is -0.475 e. The van der Waals surface area contributed by atoms with E-state index in [0.29, 0.717) is 17.5 Å². The topological polar surface area (TPSA) is 38.2 Å². The van der Waals surface area contributed by atoms with Gasteiger partial charge < -0.3 is 4.74 Å². The summed E-state index contributed by atoms with van der Waals surface area (Å²) in [5, 5.41) is 0.548. The molecular formula is C10H13Cl2N3O. The van der Waals surface area contributed by atoms with Gasteiger partial charge in [-0.2, -0.15) is 4.98 Å². The number of halogens is 2. The van der Waals surface area contributed by atoms with E-state index in [0.717, 1.165) is 19.6 Å². The first-order valence-electron chi connectivity index (χ1n) is 5.29. The van der Waals surface area contributed by atoms with Crippen LogP contribution in [0.15, 0.2) is 6.20 Å². The highest BCUT2D eigenvalue weighted by Gasteiger charge is 2.12. The molecule has 0 bridgehead atoms. The number of hydrogen-bond donors (Lipinski definition) is 0. The van der Waals surface area contributed by atoms with Gasteiger partial charge in [-0.1, -0.05) is 11.6 Å². The Hall–Kier alpha value is -0.580. The quantitative estimate of drug-likeness (QED) is 0.780. The van der Waals surface area contributed by atoms with E-state index in [1.54, 1.807) is 0 Å². The molecule has 0 atom stereocenters. The van der Waals surface area contributed by atoms with E-state index in [-0.39, 0.29) is 5.28 Å². The Labute approximate surface area is 105 Å². The first-order valence-corrected chi connectivity index (χ1v) is 6.04. The van der Waals surface area contributed by atoms with Crippen molar-refractivity contribution in [1.29, 1.82) is 0 Å². The molecule has 16 heavy (non-hydrogen) atoms. The van der Waals surface area contributed by atoms with E-state index in [1.165, 1.54) is 19.0 Å². The summed E-state index contributed by atoms with van der Waals surface area (Å²) in [7, 11) is 0. The van der Waals surface area contributed by atoms with E-state index in [2.05, 4.69) is 14.9 Å². The monoisotopic (exact) mass is 261 g/mol. The molecule has 2 heterocycles. The second-order valence-electron chi connectivity index (χ2n) is 3.69. The fraction of sp³-hybridized carbons (Fsp3) is 0.600. The van der Waals surface area contributed by atoms with Crippen LogP contribution in [-0.2, 0) is 0 Å². The molecule has 1 aromatic heterocycles. The van der Waals surface area contributed by atoms with Gasteiger partial charge in [-0.25, -0.2) is 4.98 Å². The summed E-state index contributed by atoms with van der Waals surface area (Å²) in [5.74, 6) is 0.362. The molecular weight excluding hydrogens is 249 g/mol. The third-order valence-electron chi connectivity index (χ3n) is 2.53. The highest BCUT2D eigenvalue weighted by Crippen LogP contribution is 2.21. The maximum atomic E-state index is 5.87. The zero-order valence-corrected chi connectivity index (χ0v) is 10.3. The standard InChI is InChI=1S/C10H13Cl2N3O/c11-8-7-13-10(12)14-9(8)16-6-5-15-3-1-2-4-15/h7H,1-6H2. The fourth-order valence-corrected chi connectivity index (χ4v) is 1.98. The molecule has 2 rings (SSSR count). The summed E-state index contributed by atoms with van der Waals surface area (Å²) in [6, 6.07) is 0. The third-order valence-corrected chi connectivity index (χ3v) is 2.97. The van der Waals surface area contributed by atoms with Gasteiger partial charge in [0.2, 0.25) is 11.2 Å². The van der Waals surface area contributed by atoms with Crippen LogP contribution in [-0.4, -0.2) is 41.1 Å². The maximum absolute atomic E-state index is 5.87. The van der Waals surface area contributed by atoms with Crippen molar-refractivity contribution in [3.63, 3.8) is 0 Å². The van der Waals surface area contributed by atoms with Gasteiger partial charge in [-0.3, -0.25) is 4.90 Å². The van der Waals surface area contributed by atoms with Gasteiger partial charge in [-0.05, 0) is 37.5 Å². The SMILES string of the molecule is Clc1ncc(Cl)c(OCCN2CCCC2)n1. The molecule has 0 aromatic carbocycles. The van der Waals surface area contributed by atoms with Crippen molar-refractivity contribution in [3.8, 4) is 5.88 Å². The summed E-state index contributed by atoms with van der Waals surface area (Å²) >= 11 is 11.5. The van der Waals surface area contributed by atoms with Crippen LogP contribution in [0.4, 0.5) is 0 Å². The van der Waals surface area contributed by atoms with E-state index in [9.17, 15) is 0 Å². The number of aromatic nitrogens is 2. The molecule has 6 heteroatoms. The van der Waals surface area contributed by atoms with Crippen molar-refractivity contribution in [1.82, 2.24) is 14.9 Å². The number of hydrogen-bond acceptors (Lipinski definition) is 4. The summed E-state index contributed by atoms with van der Waals surface area (Å²) in [5.41, 5.74) is 0. The summed E-state index contributed by atoms with van der Waals surface area (Å²) in [4.78, 5) is 10.0. The molecule has 88 valence electrons. The smallest absolute Gasteiger partial charge is 0.237 e. The van der Waals surface area contributed by atoms with Gasteiger partial charge in [0.1, 0.15) is 11.6 Å². The lowest BCUT2D eigenvalue weighted by atomic mass is 10.4. The molecule has 1 aliphatic heterocycles. The molecule has 4 nitrogen and oxygen atoms in total. The Morgan fingerprint density at radius 2 is 2.06 bits per heavy atom. The zero-order chi connectivity index (χ0) is 11.4. The zero-order valence-electron chi connectivity index (χ0n) is 8.83. The molecule has 0 aliphatic carbocycles. The van der Waals surface area contributed by atoms with E-state index in [4.69, 9.17) is 27.9 Å². The Balaban J connectivity index is 1.82. The predicted octanol–water partition coefficient (Wildman–Crippen LogP) is 2.26. The molecule has 1 aromatic rings. The van der Waals surface area contributed by atoms with Crippen LogP contribution < -0.4 is 4.74 Å². The molecule has 0 radical (unpaired) electrons. The fourth-order valence-electron chi connectivity index (χ4n) is 1.71. The second-order valence-corrected chi connectivity index (χ2v) is 4.43. The van der Waals surface area contributed by atoms with Crippen molar-refractivity contribution in [3.05, 3.63) is 16.5 Å². The maximum Gasteiger partial charge on any atom is 0.237 e. The molecule has 0 amide bonds. The third kappa shape index (κ3) is 3.20. The van der Waals surface area contributed by atoms with Crippen LogP contribution in [0.5, 0.6) is 5.88 Å². The van der Waals surface area contributed by atoms with Gasteiger partial charge in [0.15, 0.2) is 0 Å². The minimum absolute atomic E-state index is 0.153. The van der Waals surface area contributed by atoms with Crippen LogP contribution in [0, 0.1) is 0 Å². The van der Waals surface area contributed by atoms with E-state index in [1.807, 2.05) is 0 Å². The van der Waals surface area contributed by atoms with Gasteiger partial charge in [0.05, 0.1) is 6.20 Å². The number of rotatable bonds is 4. The summed E-state index contributed by atoms with van der Waals surface area (Å²) < 4.78 is 5.47. The van der Waals surface area contributed by atoms with Crippen LogP contribution in [0.3, 0.4) is 0 Å². The highest BCUT2D eigenvalue weighted by molar-refractivity contribution is 6.32. The van der Waals surface area contributed by atoms with Crippen molar-refractivity contribution in [2.75, 3.05) is 26.2 Å². The minimum atomic E-state index is 0.153. The highest BCUT2D eigenvalue weighted by atomic mass is 35.5. The largest absolute Gasteiger partial charge is 0.475 e. The Morgan fingerprint density at radius 1 is 1.31 bits per heavy atom. The molecule has 1 aliphatic rings. The van der Waals surface area contributed by atoms with E-state index >= 15 is 0 Å². The average Bonchev–Trinajstić information content (AvgIpc) is 2.76. The first kappa shape index (κ1) is 11.9. The lowest BCUT2D eigenvalue weighted by Crippen LogP contribution is -2.25. The summed E-state index contributed by atoms with van der Waals surface area (Å²) in [6.45, 7) is 3.79. The number of likely N-dealkylation sites (tertiary alicyclic amines) is 1. The second kappa shape index (κ2) is 5.66. The molecule has 0 saturated carbocycles.